The van der Waals surface area contributed by atoms with Crippen molar-refractivity contribution >= 4 is 0 Å². The Labute approximate surface area is 141 Å². The van der Waals surface area contributed by atoms with E-state index in [9.17, 15) is 0 Å². The first-order chi connectivity index (χ1) is 11.8. The third kappa shape index (κ3) is 2.89. The van der Waals surface area contributed by atoms with Gasteiger partial charge in [-0.3, -0.25) is 4.90 Å². The average molecular weight is 329 g/mol. The molecule has 0 aromatic carbocycles. The van der Waals surface area contributed by atoms with E-state index in [0.717, 1.165) is 44.4 Å². The Kier molecular flexibility index (Phi) is 3.67. The van der Waals surface area contributed by atoms with E-state index in [1.54, 1.807) is 6.26 Å². The number of hydrogen-bond acceptors (Lipinski definition) is 6. The van der Waals surface area contributed by atoms with Crippen LogP contribution < -0.4 is 0 Å². The number of piperidine rings is 1. The van der Waals surface area contributed by atoms with Crippen LogP contribution in [-0.2, 0) is 17.7 Å². The quantitative estimate of drug-likeness (QED) is 0.840. The molecule has 5 rings (SSSR count). The van der Waals surface area contributed by atoms with Crippen molar-refractivity contribution in [3.63, 3.8) is 0 Å². The van der Waals surface area contributed by atoms with E-state index in [-0.39, 0.29) is 6.10 Å². The number of nitrogens with zero attached hydrogens (tertiary/aromatic N) is 3. The number of furan rings is 1. The minimum atomic E-state index is 0.235. The molecular weight excluding hydrogens is 306 g/mol. The van der Waals surface area contributed by atoms with Crippen LogP contribution in [-0.4, -0.2) is 40.9 Å². The molecule has 128 valence electrons. The highest BCUT2D eigenvalue weighted by atomic mass is 16.5. The zero-order valence-electron chi connectivity index (χ0n) is 13.8. The molecule has 2 saturated heterocycles. The van der Waals surface area contributed by atoms with Crippen molar-refractivity contribution in [1.82, 2.24) is 15.1 Å². The van der Waals surface area contributed by atoms with Crippen LogP contribution in [0.4, 0.5) is 0 Å². The normalized spacial score (nSPS) is 30.6. The molecule has 0 amide bonds. The summed E-state index contributed by atoms with van der Waals surface area (Å²) >= 11 is 0. The van der Waals surface area contributed by atoms with Gasteiger partial charge in [0, 0.05) is 30.5 Å². The first-order valence-electron chi connectivity index (χ1n) is 9.02. The van der Waals surface area contributed by atoms with Crippen molar-refractivity contribution in [2.75, 3.05) is 19.7 Å². The maximum atomic E-state index is 6.10. The molecule has 1 aliphatic carbocycles. The van der Waals surface area contributed by atoms with E-state index < -0.39 is 0 Å². The van der Waals surface area contributed by atoms with Gasteiger partial charge in [-0.15, -0.1) is 10.2 Å². The number of hydrogen-bond donors (Lipinski definition) is 0. The van der Waals surface area contributed by atoms with E-state index >= 15 is 0 Å². The van der Waals surface area contributed by atoms with Gasteiger partial charge < -0.3 is 13.6 Å². The summed E-state index contributed by atoms with van der Waals surface area (Å²) in [5.41, 5.74) is 1.25. The molecule has 6 nitrogen and oxygen atoms in total. The lowest BCUT2D eigenvalue weighted by Gasteiger charge is -2.35. The summed E-state index contributed by atoms with van der Waals surface area (Å²) in [5, 5.41) is 8.41. The zero-order valence-corrected chi connectivity index (χ0v) is 13.8. The van der Waals surface area contributed by atoms with Crippen LogP contribution in [0.2, 0.25) is 0 Å². The summed E-state index contributed by atoms with van der Waals surface area (Å²) in [7, 11) is 0. The van der Waals surface area contributed by atoms with E-state index in [4.69, 9.17) is 13.6 Å². The van der Waals surface area contributed by atoms with Gasteiger partial charge in [-0.25, -0.2) is 0 Å². The van der Waals surface area contributed by atoms with Gasteiger partial charge in [0.15, 0.2) is 0 Å². The molecule has 1 saturated carbocycles. The lowest BCUT2D eigenvalue weighted by molar-refractivity contribution is 0.0793. The smallest absolute Gasteiger partial charge is 0.219 e. The Hall–Kier alpha value is -1.66. The van der Waals surface area contributed by atoms with E-state index in [0.29, 0.717) is 17.8 Å². The molecule has 0 N–H and O–H groups in total. The maximum absolute atomic E-state index is 6.10. The Morgan fingerprint density at radius 3 is 3.00 bits per heavy atom. The molecule has 2 aromatic heterocycles. The molecule has 2 aromatic rings. The van der Waals surface area contributed by atoms with Crippen LogP contribution >= 0.6 is 0 Å². The van der Waals surface area contributed by atoms with Gasteiger partial charge >= 0.3 is 0 Å². The van der Waals surface area contributed by atoms with E-state index in [2.05, 4.69) is 15.1 Å². The van der Waals surface area contributed by atoms with E-state index in [1.165, 1.54) is 24.8 Å². The monoisotopic (exact) mass is 329 g/mol. The summed E-state index contributed by atoms with van der Waals surface area (Å²) in [5.74, 6) is 3.33. The van der Waals surface area contributed by atoms with Crippen molar-refractivity contribution in [3.05, 3.63) is 35.9 Å². The third-order valence-electron chi connectivity index (χ3n) is 5.65. The number of likely N-dealkylation sites (tertiary alicyclic amines) is 1. The minimum Gasteiger partial charge on any atom is -0.472 e. The fourth-order valence-corrected chi connectivity index (χ4v) is 4.17. The number of fused-ring (bicyclic) bond motifs is 1. The minimum absolute atomic E-state index is 0.235. The predicted molar refractivity (Wildman–Crippen MR) is 85.3 cm³/mol. The van der Waals surface area contributed by atoms with E-state index in [1.807, 2.05) is 12.3 Å². The molecule has 24 heavy (non-hydrogen) atoms. The van der Waals surface area contributed by atoms with Crippen molar-refractivity contribution in [1.29, 1.82) is 0 Å². The number of ether oxygens (including phenoxy) is 1. The molecule has 0 spiro atoms. The Balaban J connectivity index is 1.19. The highest BCUT2D eigenvalue weighted by molar-refractivity contribution is 5.06. The van der Waals surface area contributed by atoms with Crippen LogP contribution in [0.25, 0.3) is 0 Å². The van der Waals surface area contributed by atoms with Crippen molar-refractivity contribution < 1.29 is 13.6 Å². The molecule has 0 unspecified atom stereocenters. The summed E-state index contributed by atoms with van der Waals surface area (Å²) in [6.45, 7) is 4.03. The molecule has 2 aliphatic heterocycles. The van der Waals surface area contributed by atoms with Crippen LogP contribution in [0.1, 0.15) is 42.5 Å². The topological polar surface area (TPSA) is 64.5 Å². The molecule has 0 bridgehead atoms. The largest absolute Gasteiger partial charge is 0.472 e. The first-order valence-corrected chi connectivity index (χ1v) is 9.02. The fraction of sp³-hybridized carbons (Fsp3) is 0.667. The average Bonchev–Trinajstić information content (AvgIpc) is 2.99. The summed E-state index contributed by atoms with van der Waals surface area (Å²) in [4.78, 5) is 2.51. The van der Waals surface area contributed by atoms with Gasteiger partial charge in [-0.1, -0.05) is 0 Å². The van der Waals surface area contributed by atoms with Crippen molar-refractivity contribution in [2.45, 2.75) is 44.2 Å². The molecule has 3 atom stereocenters. The van der Waals surface area contributed by atoms with Gasteiger partial charge in [0.2, 0.25) is 11.8 Å². The van der Waals surface area contributed by atoms with Crippen molar-refractivity contribution in [3.8, 4) is 0 Å². The number of aromatic nitrogens is 2. The van der Waals surface area contributed by atoms with Crippen LogP contribution in [0, 0.1) is 11.8 Å². The molecule has 3 aliphatic rings. The second-order valence-corrected chi connectivity index (χ2v) is 7.46. The Morgan fingerprint density at radius 2 is 2.17 bits per heavy atom. The summed E-state index contributed by atoms with van der Waals surface area (Å²) < 4.78 is 17.1. The standard InChI is InChI=1S/C18H23N3O3/c1-2-13(1)18-20-19-17(24-18)7-16-15-3-5-21(9-14(15)11-23-16)8-12-4-6-22-10-12/h4,6,10,13-16H,1-3,5,7-9,11H2/t14-,15-,16-/m0/s1. The number of rotatable bonds is 5. The third-order valence-corrected chi connectivity index (χ3v) is 5.65. The Morgan fingerprint density at radius 1 is 1.21 bits per heavy atom. The second-order valence-electron chi connectivity index (χ2n) is 7.46. The van der Waals surface area contributed by atoms with Gasteiger partial charge in [0.25, 0.3) is 0 Å². The lowest BCUT2D eigenvalue weighted by atomic mass is 9.83. The molecule has 6 heteroatoms. The Bertz CT molecular complexity index is 680. The lowest BCUT2D eigenvalue weighted by Crippen LogP contribution is -2.41. The van der Waals surface area contributed by atoms with Gasteiger partial charge in [-0.05, 0) is 37.8 Å². The molecule has 4 heterocycles. The van der Waals surface area contributed by atoms with Gasteiger partial charge in [0.05, 0.1) is 31.7 Å². The summed E-state index contributed by atoms with van der Waals surface area (Å²) in [6.07, 6.45) is 8.15. The highest BCUT2D eigenvalue weighted by Crippen LogP contribution is 2.40. The fourth-order valence-electron chi connectivity index (χ4n) is 4.17. The maximum Gasteiger partial charge on any atom is 0.219 e. The van der Waals surface area contributed by atoms with Crippen LogP contribution in [0.5, 0.6) is 0 Å². The van der Waals surface area contributed by atoms with Gasteiger partial charge in [-0.2, -0.15) is 0 Å². The van der Waals surface area contributed by atoms with Crippen LogP contribution in [0.3, 0.4) is 0 Å². The first kappa shape index (κ1) is 14.7. The molecule has 3 fully saturated rings. The molecule has 0 radical (unpaired) electrons. The highest BCUT2D eigenvalue weighted by Gasteiger charge is 2.41. The second kappa shape index (κ2) is 6.01. The molecular formula is C18H23N3O3. The summed E-state index contributed by atoms with van der Waals surface area (Å²) in [6, 6.07) is 2.05. The predicted octanol–water partition coefficient (Wildman–Crippen LogP) is 2.62. The van der Waals surface area contributed by atoms with Crippen LogP contribution in [0.15, 0.2) is 27.4 Å². The zero-order chi connectivity index (χ0) is 15.9. The SMILES string of the molecule is c1cc(CN2CC[C@H]3[C@H](CO[C@H]3Cc3nnc(C4CC4)o3)C2)co1. The van der Waals surface area contributed by atoms with Gasteiger partial charge in [0.1, 0.15) is 0 Å². The van der Waals surface area contributed by atoms with Crippen molar-refractivity contribution in [2.24, 2.45) is 11.8 Å².